The number of halogens is 1. The van der Waals surface area contributed by atoms with Gasteiger partial charge in [-0.15, -0.1) is 0 Å². The third kappa shape index (κ3) is 12.9. The van der Waals surface area contributed by atoms with E-state index in [1.165, 1.54) is 0 Å². The number of benzene rings is 3. The maximum absolute atomic E-state index is 14.2. The number of nitrogens with one attached hydrogen (secondary N) is 5. The van der Waals surface area contributed by atoms with Gasteiger partial charge in [0.05, 0.1) is 0 Å². The van der Waals surface area contributed by atoms with Crippen molar-refractivity contribution in [3.63, 3.8) is 0 Å². The predicted molar refractivity (Wildman–Crippen MR) is 214 cm³/mol. The normalized spacial score (nSPS) is 13.5. The summed E-state index contributed by atoms with van der Waals surface area (Å²) in [6.45, 7) is 5.35. The Morgan fingerprint density at radius 1 is 0.691 bits per heavy atom. The van der Waals surface area contributed by atoms with Crippen LogP contribution in [0.2, 0.25) is 5.02 Å². The lowest BCUT2D eigenvalue weighted by molar-refractivity contribution is -0.135. The molecule has 3 aromatic carbocycles. The Hall–Kier alpha value is -5.89. The third-order valence-corrected chi connectivity index (χ3v) is 9.16. The molecule has 0 saturated heterocycles. The Morgan fingerprint density at radius 2 is 1.24 bits per heavy atom. The topological polar surface area (TPSA) is 240 Å². The van der Waals surface area contributed by atoms with E-state index in [1.54, 1.807) is 75.5 Å². The summed E-state index contributed by atoms with van der Waals surface area (Å²) in [7, 11) is 0. The van der Waals surface area contributed by atoms with Gasteiger partial charge in [0, 0.05) is 53.3 Å². The maximum Gasteiger partial charge on any atom is 0.243 e. The summed E-state index contributed by atoms with van der Waals surface area (Å²) in [5, 5.41) is 12.6. The number of para-hydroxylation sites is 1. The molecule has 0 aliphatic rings. The van der Waals surface area contributed by atoms with E-state index in [9.17, 15) is 24.0 Å². The number of primary amides is 1. The molecule has 0 unspecified atom stereocenters. The number of H-pyrrole nitrogens is 1. The zero-order valence-electron chi connectivity index (χ0n) is 31.2. The van der Waals surface area contributed by atoms with Crippen LogP contribution in [-0.4, -0.2) is 71.2 Å². The van der Waals surface area contributed by atoms with Gasteiger partial charge in [-0.1, -0.05) is 93.0 Å². The average Bonchev–Trinajstić information content (AvgIpc) is 3.55. The number of fused-ring (bicyclic) bond motifs is 1. The van der Waals surface area contributed by atoms with Crippen molar-refractivity contribution in [1.29, 1.82) is 0 Å². The van der Waals surface area contributed by atoms with Crippen molar-refractivity contribution in [3.8, 4) is 0 Å². The second kappa shape index (κ2) is 19.4. The van der Waals surface area contributed by atoms with Crippen LogP contribution in [0.1, 0.15) is 50.3 Å². The van der Waals surface area contributed by atoms with Crippen LogP contribution in [0, 0.1) is 5.41 Å². The summed E-state index contributed by atoms with van der Waals surface area (Å²) in [6, 6.07) is 18.9. The standard InChI is InChI=1S/C40H50ClN9O5/c1-40(2,3)38(55)50-33(21-25-15-17-27(41)18-16-25)37(54)49-32(20-24-10-5-4-6-11-24)36(53)47-30(14-9-19-45-39(43)44)35(52)48-31(34(42)51)22-26-23-46-29-13-8-7-12-28(26)29/h4-8,10-13,15-18,23,30-33,46H,9,14,19-22H2,1-3H3,(H2,42,51)(H,47,53)(H,48,52)(H,49,54)(H,50,55)(H4,43,44,45)/t30-,31-,32-,33-/m0/s1. The van der Waals surface area contributed by atoms with Crippen molar-refractivity contribution in [2.45, 2.75) is 77.0 Å². The smallest absolute Gasteiger partial charge is 0.243 e. The van der Waals surface area contributed by atoms with Crippen LogP contribution in [0.4, 0.5) is 0 Å². The van der Waals surface area contributed by atoms with Gasteiger partial charge in [0.25, 0.3) is 0 Å². The lowest BCUT2D eigenvalue weighted by Crippen LogP contribution is -2.59. The van der Waals surface area contributed by atoms with E-state index >= 15 is 0 Å². The summed E-state index contributed by atoms with van der Waals surface area (Å²) < 4.78 is 0. The number of rotatable bonds is 18. The molecular formula is C40H50ClN9O5. The Bertz CT molecular complexity index is 1970. The van der Waals surface area contributed by atoms with E-state index in [0.29, 0.717) is 5.02 Å². The van der Waals surface area contributed by atoms with Crippen molar-refractivity contribution < 1.29 is 24.0 Å². The van der Waals surface area contributed by atoms with Gasteiger partial charge < -0.3 is 43.5 Å². The van der Waals surface area contributed by atoms with Crippen molar-refractivity contribution in [2.24, 2.45) is 27.6 Å². The SMILES string of the molecule is CC(C)(C)C(=O)N[C@@H](Cc1ccc(Cl)cc1)C(=O)N[C@@H](Cc1ccccc1)C(=O)N[C@@H](CCCN=C(N)N)C(=O)N[C@@H](Cc1c[nH]c2ccccc12)C(N)=O. The molecule has 11 N–H and O–H groups in total. The van der Waals surface area contributed by atoms with E-state index in [2.05, 4.69) is 31.2 Å². The van der Waals surface area contributed by atoms with Crippen molar-refractivity contribution in [3.05, 3.63) is 107 Å². The molecule has 0 fully saturated rings. The van der Waals surface area contributed by atoms with Crippen LogP contribution in [-0.2, 0) is 43.2 Å². The van der Waals surface area contributed by atoms with E-state index in [0.717, 1.165) is 27.6 Å². The first-order valence-electron chi connectivity index (χ1n) is 18.0. The summed E-state index contributed by atoms with van der Waals surface area (Å²) >= 11 is 6.09. The molecule has 0 bridgehead atoms. The van der Waals surface area contributed by atoms with Gasteiger partial charge in [-0.25, -0.2) is 0 Å². The highest BCUT2D eigenvalue weighted by molar-refractivity contribution is 6.30. The molecule has 5 amide bonds. The van der Waals surface area contributed by atoms with Crippen LogP contribution in [0.15, 0.2) is 90.1 Å². The number of carbonyl (C=O) groups excluding carboxylic acids is 5. The minimum absolute atomic E-state index is 0.0616. The number of aliphatic imine (C=N–C) groups is 1. The molecule has 1 heterocycles. The summed E-state index contributed by atoms with van der Waals surface area (Å²) in [5.74, 6) is -3.19. The lowest BCUT2D eigenvalue weighted by Gasteiger charge is -2.28. The van der Waals surface area contributed by atoms with Crippen LogP contribution in [0.3, 0.4) is 0 Å². The molecule has 4 aromatic rings. The highest BCUT2D eigenvalue weighted by Crippen LogP contribution is 2.20. The summed E-state index contributed by atoms with van der Waals surface area (Å²) in [6.07, 6.45) is 2.40. The maximum atomic E-state index is 14.2. The number of carbonyl (C=O) groups is 5. The van der Waals surface area contributed by atoms with Crippen LogP contribution < -0.4 is 38.5 Å². The van der Waals surface area contributed by atoms with E-state index in [1.807, 2.05) is 30.3 Å². The van der Waals surface area contributed by atoms with Gasteiger partial charge in [-0.3, -0.25) is 29.0 Å². The van der Waals surface area contributed by atoms with Gasteiger partial charge in [-0.05, 0) is 47.7 Å². The monoisotopic (exact) mass is 771 g/mol. The summed E-state index contributed by atoms with van der Waals surface area (Å²) in [5.41, 5.74) is 19.0. The number of hydrogen-bond donors (Lipinski definition) is 8. The number of amides is 5. The fourth-order valence-corrected chi connectivity index (χ4v) is 5.96. The van der Waals surface area contributed by atoms with Gasteiger partial charge in [0.15, 0.2) is 5.96 Å². The van der Waals surface area contributed by atoms with E-state index < -0.39 is 53.2 Å². The van der Waals surface area contributed by atoms with Crippen molar-refractivity contribution in [2.75, 3.05) is 6.54 Å². The number of aromatic nitrogens is 1. The first kappa shape index (κ1) is 41.9. The fourth-order valence-electron chi connectivity index (χ4n) is 5.83. The molecule has 0 radical (unpaired) electrons. The van der Waals surface area contributed by atoms with Crippen molar-refractivity contribution in [1.82, 2.24) is 26.3 Å². The van der Waals surface area contributed by atoms with Gasteiger partial charge in [-0.2, -0.15) is 0 Å². The number of guanidine groups is 1. The van der Waals surface area contributed by atoms with Gasteiger partial charge in [0.2, 0.25) is 29.5 Å². The number of aromatic amines is 1. The second-order valence-corrected chi connectivity index (χ2v) is 14.8. The highest BCUT2D eigenvalue weighted by Gasteiger charge is 2.33. The quantitative estimate of drug-likeness (QED) is 0.0427. The molecule has 4 rings (SSSR count). The molecule has 4 atom stereocenters. The fraction of sp³-hybridized carbons (Fsp3) is 0.350. The molecule has 0 spiro atoms. The zero-order chi connectivity index (χ0) is 40.1. The second-order valence-electron chi connectivity index (χ2n) is 14.4. The zero-order valence-corrected chi connectivity index (χ0v) is 32.0. The number of hydrogen-bond acceptors (Lipinski definition) is 6. The number of nitrogens with two attached hydrogens (primary N) is 3. The minimum atomic E-state index is -1.18. The third-order valence-electron chi connectivity index (χ3n) is 8.91. The molecule has 55 heavy (non-hydrogen) atoms. The predicted octanol–water partition coefficient (Wildman–Crippen LogP) is 2.37. The molecule has 0 aliphatic heterocycles. The average molecular weight is 772 g/mol. The molecule has 0 saturated carbocycles. The van der Waals surface area contributed by atoms with Gasteiger partial charge in [0.1, 0.15) is 24.2 Å². The molecular weight excluding hydrogens is 722 g/mol. The molecule has 292 valence electrons. The van der Waals surface area contributed by atoms with E-state index in [4.69, 9.17) is 28.8 Å². The Kier molecular flexibility index (Phi) is 14.8. The summed E-state index contributed by atoms with van der Waals surface area (Å²) in [4.78, 5) is 75.0. The van der Waals surface area contributed by atoms with Crippen molar-refractivity contribution >= 4 is 58.0 Å². The van der Waals surface area contributed by atoms with Gasteiger partial charge >= 0.3 is 0 Å². The molecule has 0 aliphatic carbocycles. The Labute approximate surface area is 325 Å². The highest BCUT2D eigenvalue weighted by atomic mass is 35.5. The largest absolute Gasteiger partial charge is 0.370 e. The van der Waals surface area contributed by atoms with Crippen LogP contribution in [0.25, 0.3) is 10.9 Å². The number of nitrogens with zero attached hydrogens (tertiary/aromatic N) is 1. The first-order chi connectivity index (χ1) is 26.1. The van der Waals surface area contributed by atoms with E-state index in [-0.39, 0.29) is 50.5 Å². The Balaban J connectivity index is 1.59. The van der Waals surface area contributed by atoms with Crippen LogP contribution >= 0.6 is 11.6 Å². The Morgan fingerprint density at radius 3 is 1.85 bits per heavy atom. The molecule has 14 nitrogen and oxygen atoms in total. The molecule has 1 aromatic heterocycles. The lowest BCUT2D eigenvalue weighted by atomic mass is 9.94. The first-order valence-corrected chi connectivity index (χ1v) is 18.4. The van der Waals surface area contributed by atoms with Crippen LogP contribution in [0.5, 0.6) is 0 Å². The molecule has 15 heteroatoms. The minimum Gasteiger partial charge on any atom is -0.370 e.